The van der Waals surface area contributed by atoms with Crippen LogP contribution in [0.25, 0.3) is 0 Å². The fourth-order valence-corrected chi connectivity index (χ4v) is 4.68. The maximum atomic E-state index is 13.1. The lowest BCUT2D eigenvalue weighted by molar-refractivity contribution is -0.139. The second kappa shape index (κ2) is 10.5. The zero-order chi connectivity index (χ0) is 24.1. The molecule has 2 amide bonds. The number of benzene rings is 1. The minimum absolute atomic E-state index is 0.120. The van der Waals surface area contributed by atoms with Crippen LogP contribution in [0.4, 0.5) is 0 Å². The lowest BCUT2D eigenvalue weighted by atomic mass is 9.95. The highest BCUT2D eigenvalue weighted by molar-refractivity contribution is 7.89. The van der Waals surface area contributed by atoms with Crippen LogP contribution in [0.5, 0.6) is 11.5 Å². The Morgan fingerprint density at radius 2 is 1.59 bits per heavy atom. The van der Waals surface area contributed by atoms with Crippen LogP contribution in [0, 0.1) is 5.41 Å². The fourth-order valence-electron chi connectivity index (χ4n) is 3.24. The second-order valence-corrected chi connectivity index (χ2v) is 10.6. The van der Waals surface area contributed by atoms with E-state index in [2.05, 4.69) is 5.32 Å². The van der Waals surface area contributed by atoms with Crippen molar-refractivity contribution >= 4 is 21.8 Å². The molecule has 1 aliphatic rings. The van der Waals surface area contributed by atoms with Crippen molar-refractivity contribution in [2.75, 3.05) is 39.4 Å². The molecule has 0 spiro atoms. The van der Waals surface area contributed by atoms with Crippen molar-refractivity contribution in [3.05, 3.63) is 18.2 Å². The molecule has 1 aromatic carbocycles. The number of ether oxygens (including phenoxy) is 2. The van der Waals surface area contributed by atoms with Crippen LogP contribution in [0.3, 0.4) is 0 Å². The molecule has 0 radical (unpaired) electrons. The molecule has 1 aromatic rings. The summed E-state index contributed by atoms with van der Waals surface area (Å²) in [5.41, 5.74) is -0.598. The third kappa shape index (κ3) is 6.13. The standard InChI is InChI=1S/C22H35N3O6S/c1-7-30-18-10-9-17(15-19(18)31-8-2)32(28,29)25-13-11-24(12-14-25)20(26)16(3)23-21(27)22(4,5)6/h9-10,15-16H,7-8,11-14H2,1-6H3,(H,23,27). The number of carbonyl (C=O) groups is 2. The first-order valence-electron chi connectivity index (χ1n) is 10.9. The van der Waals surface area contributed by atoms with E-state index in [1.54, 1.807) is 38.7 Å². The van der Waals surface area contributed by atoms with Crippen molar-refractivity contribution in [2.45, 2.75) is 52.5 Å². The predicted octanol–water partition coefficient (Wildman–Crippen LogP) is 1.87. The molecule has 0 bridgehead atoms. The molecular formula is C22H35N3O6S. The highest BCUT2D eigenvalue weighted by Gasteiger charge is 2.33. The minimum atomic E-state index is -3.75. The molecule has 1 N–H and O–H groups in total. The fraction of sp³-hybridized carbons (Fsp3) is 0.636. The number of nitrogens with zero attached hydrogens (tertiary/aromatic N) is 2. The first kappa shape index (κ1) is 25.9. The van der Waals surface area contributed by atoms with E-state index in [4.69, 9.17) is 9.47 Å². The average molecular weight is 470 g/mol. The van der Waals surface area contributed by atoms with E-state index >= 15 is 0 Å². The quantitative estimate of drug-likeness (QED) is 0.623. The Hall–Kier alpha value is -2.33. The van der Waals surface area contributed by atoms with Gasteiger partial charge in [-0.3, -0.25) is 9.59 Å². The van der Waals surface area contributed by atoms with Crippen molar-refractivity contribution < 1.29 is 27.5 Å². The third-order valence-corrected chi connectivity index (χ3v) is 7.00. The van der Waals surface area contributed by atoms with E-state index in [0.717, 1.165) is 0 Å². The van der Waals surface area contributed by atoms with Crippen LogP contribution in [0.15, 0.2) is 23.1 Å². The van der Waals surface area contributed by atoms with Crippen molar-refractivity contribution in [1.82, 2.24) is 14.5 Å². The molecule has 1 unspecified atom stereocenters. The van der Waals surface area contributed by atoms with E-state index in [0.29, 0.717) is 24.7 Å². The minimum Gasteiger partial charge on any atom is -0.490 e. The molecule has 2 rings (SSSR count). The first-order valence-corrected chi connectivity index (χ1v) is 12.3. The van der Waals surface area contributed by atoms with Gasteiger partial charge in [0.15, 0.2) is 11.5 Å². The summed E-state index contributed by atoms with van der Waals surface area (Å²) in [6.07, 6.45) is 0. The molecule has 1 fully saturated rings. The van der Waals surface area contributed by atoms with Gasteiger partial charge in [0.05, 0.1) is 18.1 Å². The molecule has 9 nitrogen and oxygen atoms in total. The Morgan fingerprint density at radius 1 is 1.03 bits per heavy atom. The van der Waals surface area contributed by atoms with Crippen molar-refractivity contribution in [2.24, 2.45) is 5.41 Å². The number of amides is 2. The Bertz CT molecular complexity index is 918. The number of sulfonamides is 1. The summed E-state index contributed by atoms with van der Waals surface area (Å²) >= 11 is 0. The number of carbonyl (C=O) groups excluding carboxylic acids is 2. The molecule has 1 aliphatic heterocycles. The normalized spacial score (nSPS) is 16.4. The summed E-state index contributed by atoms with van der Waals surface area (Å²) in [7, 11) is -3.75. The largest absolute Gasteiger partial charge is 0.490 e. The highest BCUT2D eigenvalue weighted by atomic mass is 32.2. The van der Waals surface area contributed by atoms with Gasteiger partial charge in [-0.15, -0.1) is 0 Å². The highest BCUT2D eigenvalue weighted by Crippen LogP contribution is 2.31. The van der Waals surface area contributed by atoms with Gasteiger partial charge in [-0.05, 0) is 32.9 Å². The molecule has 1 heterocycles. The summed E-state index contributed by atoms with van der Waals surface area (Å²) in [6.45, 7) is 12.3. The monoisotopic (exact) mass is 469 g/mol. The summed E-state index contributed by atoms with van der Waals surface area (Å²) in [5, 5.41) is 2.73. The van der Waals surface area contributed by atoms with E-state index < -0.39 is 21.5 Å². The summed E-state index contributed by atoms with van der Waals surface area (Å²) in [4.78, 5) is 26.6. The topological polar surface area (TPSA) is 105 Å². The van der Waals surface area contributed by atoms with Gasteiger partial charge in [-0.25, -0.2) is 8.42 Å². The van der Waals surface area contributed by atoms with Gasteiger partial charge >= 0.3 is 0 Å². The Balaban J connectivity index is 2.06. The van der Waals surface area contributed by atoms with E-state index in [1.165, 1.54) is 16.4 Å². The van der Waals surface area contributed by atoms with Gasteiger partial charge < -0.3 is 19.7 Å². The van der Waals surface area contributed by atoms with Gasteiger partial charge in [-0.1, -0.05) is 20.8 Å². The Kier molecular flexibility index (Phi) is 8.53. The van der Waals surface area contributed by atoms with Crippen molar-refractivity contribution in [3.8, 4) is 11.5 Å². The zero-order valence-electron chi connectivity index (χ0n) is 19.8. The Labute approximate surface area is 191 Å². The molecule has 10 heteroatoms. The average Bonchev–Trinajstić information content (AvgIpc) is 2.74. The maximum absolute atomic E-state index is 13.1. The number of piperazine rings is 1. The SMILES string of the molecule is CCOc1ccc(S(=O)(=O)N2CCN(C(=O)C(C)NC(=O)C(C)(C)C)CC2)cc1OCC. The predicted molar refractivity (Wildman–Crippen MR) is 121 cm³/mol. The molecular weight excluding hydrogens is 434 g/mol. The van der Waals surface area contributed by atoms with Gasteiger partial charge in [0.25, 0.3) is 0 Å². The zero-order valence-corrected chi connectivity index (χ0v) is 20.6. The van der Waals surface area contributed by atoms with Crippen LogP contribution in [-0.2, 0) is 19.6 Å². The first-order chi connectivity index (χ1) is 14.9. The molecule has 0 saturated carbocycles. The third-order valence-electron chi connectivity index (χ3n) is 5.10. The van der Waals surface area contributed by atoms with Crippen molar-refractivity contribution in [3.63, 3.8) is 0 Å². The molecule has 32 heavy (non-hydrogen) atoms. The van der Waals surface area contributed by atoms with Gasteiger partial charge in [0, 0.05) is 37.7 Å². The molecule has 1 atom stereocenters. The van der Waals surface area contributed by atoms with Crippen LogP contribution < -0.4 is 14.8 Å². The number of nitrogens with one attached hydrogen (secondary N) is 1. The summed E-state index contributed by atoms with van der Waals surface area (Å²) in [6, 6.07) is 3.90. The maximum Gasteiger partial charge on any atom is 0.244 e. The lowest BCUT2D eigenvalue weighted by Crippen LogP contribution is -2.55. The number of hydrogen-bond acceptors (Lipinski definition) is 6. The van der Waals surface area contributed by atoms with Gasteiger partial charge in [-0.2, -0.15) is 4.31 Å². The molecule has 180 valence electrons. The lowest BCUT2D eigenvalue weighted by Gasteiger charge is -2.35. The van der Waals surface area contributed by atoms with Crippen LogP contribution in [-0.4, -0.2) is 74.9 Å². The molecule has 0 aromatic heterocycles. The summed E-state index contributed by atoms with van der Waals surface area (Å²) < 4.78 is 38.7. The molecule has 1 saturated heterocycles. The number of rotatable bonds is 8. The van der Waals surface area contributed by atoms with E-state index in [1.807, 2.05) is 13.8 Å². The van der Waals surface area contributed by atoms with Gasteiger partial charge in [0.2, 0.25) is 21.8 Å². The second-order valence-electron chi connectivity index (χ2n) is 8.65. The van der Waals surface area contributed by atoms with E-state index in [9.17, 15) is 18.0 Å². The smallest absolute Gasteiger partial charge is 0.244 e. The Morgan fingerprint density at radius 3 is 2.12 bits per heavy atom. The van der Waals surface area contributed by atoms with Crippen LogP contribution in [0.1, 0.15) is 41.5 Å². The molecule has 0 aliphatic carbocycles. The van der Waals surface area contributed by atoms with E-state index in [-0.39, 0.29) is 42.9 Å². The summed E-state index contributed by atoms with van der Waals surface area (Å²) in [5.74, 6) is 0.446. The van der Waals surface area contributed by atoms with Crippen molar-refractivity contribution in [1.29, 1.82) is 0 Å². The van der Waals surface area contributed by atoms with Gasteiger partial charge in [0.1, 0.15) is 6.04 Å². The van der Waals surface area contributed by atoms with Crippen LogP contribution in [0.2, 0.25) is 0 Å². The number of hydrogen-bond donors (Lipinski definition) is 1. The van der Waals surface area contributed by atoms with Crippen LogP contribution >= 0.6 is 0 Å².